The van der Waals surface area contributed by atoms with Gasteiger partial charge in [0, 0.05) is 0 Å². The average Bonchev–Trinajstić information content (AvgIpc) is 2.77. The van der Waals surface area contributed by atoms with Crippen LogP contribution in [0.25, 0.3) is 0 Å². The van der Waals surface area contributed by atoms with E-state index < -0.39 is 22.7 Å². The zero-order valence-electron chi connectivity index (χ0n) is 9.19. The smallest absolute Gasteiger partial charge is 0.290 e. The molecular weight excluding hydrogens is 204 g/mol. The lowest BCUT2D eigenvalue weighted by atomic mass is 9.88. The monoisotopic (exact) mass is 216 g/mol. The van der Waals surface area contributed by atoms with Gasteiger partial charge in [0.2, 0.25) is 6.29 Å². The molecule has 2 unspecified atom stereocenters. The van der Waals surface area contributed by atoms with Gasteiger partial charge in [-0.1, -0.05) is 44.2 Å². The molecule has 1 aromatic rings. The van der Waals surface area contributed by atoms with E-state index in [1.165, 1.54) is 0 Å². The maximum absolute atomic E-state index is 11.4. The molecule has 1 fully saturated rings. The van der Waals surface area contributed by atoms with Gasteiger partial charge in [-0.2, -0.15) is 0 Å². The number of carbonyl (C=O) groups excluding carboxylic acids is 2. The van der Waals surface area contributed by atoms with Crippen LogP contribution in [0.3, 0.4) is 0 Å². The van der Waals surface area contributed by atoms with Crippen molar-refractivity contribution in [1.82, 2.24) is 0 Å². The third-order valence-electron chi connectivity index (χ3n) is 3.76. The van der Waals surface area contributed by atoms with Crippen molar-refractivity contribution >= 4 is 12.3 Å². The van der Waals surface area contributed by atoms with Gasteiger partial charge in [0.15, 0.2) is 0 Å². The lowest BCUT2D eigenvalue weighted by Gasteiger charge is -2.13. The van der Waals surface area contributed by atoms with E-state index in [9.17, 15) is 14.7 Å². The van der Waals surface area contributed by atoms with Crippen LogP contribution in [0.2, 0.25) is 0 Å². The summed E-state index contributed by atoms with van der Waals surface area (Å²) in [6.07, 6.45) is 1.83. The van der Waals surface area contributed by atoms with Gasteiger partial charge in [0.25, 0.3) is 0 Å². The van der Waals surface area contributed by atoms with Crippen molar-refractivity contribution in [2.24, 2.45) is 11.3 Å². The molecule has 1 aromatic carbocycles. The van der Waals surface area contributed by atoms with Gasteiger partial charge in [0.05, 0.1) is 5.92 Å². The number of benzene rings is 1. The van der Waals surface area contributed by atoms with Crippen LogP contribution in [-0.2, 0) is 20.1 Å². The molecule has 0 N–H and O–H groups in total. The molecule has 1 saturated carbocycles. The van der Waals surface area contributed by atoms with E-state index in [0.717, 1.165) is 0 Å². The molecule has 0 bridgehead atoms. The SMILES string of the molecule is CC1(C)C([C]=O)C1(C([O])=O)c1ccccc1. The maximum atomic E-state index is 11.4. The highest BCUT2D eigenvalue weighted by Gasteiger charge is 2.78. The highest BCUT2D eigenvalue weighted by atomic mass is 16.4. The van der Waals surface area contributed by atoms with E-state index >= 15 is 0 Å². The molecule has 2 radical (unpaired) electrons. The minimum absolute atomic E-state index is 0.619. The van der Waals surface area contributed by atoms with Crippen molar-refractivity contribution in [3.63, 3.8) is 0 Å². The number of hydrogen-bond acceptors (Lipinski definition) is 2. The topological polar surface area (TPSA) is 54.0 Å². The van der Waals surface area contributed by atoms with Crippen molar-refractivity contribution in [3.8, 4) is 0 Å². The fourth-order valence-electron chi connectivity index (χ4n) is 2.74. The van der Waals surface area contributed by atoms with Crippen LogP contribution in [0.5, 0.6) is 0 Å². The second-order valence-corrected chi connectivity index (χ2v) is 4.73. The second-order valence-electron chi connectivity index (χ2n) is 4.73. The lowest BCUT2D eigenvalue weighted by molar-refractivity contribution is -0.147. The van der Waals surface area contributed by atoms with Crippen LogP contribution in [0.4, 0.5) is 0 Å². The molecule has 3 nitrogen and oxygen atoms in total. The molecule has 16 heavy (non-hydrogen) atoms. The summed E-state index contributed by atoms with van der Waals surface area (Å²) in [7, 11) is 0. The van der Waals surface area contributed by atoms with Crippen molar-refractivity contribution in [1.29, 1.82) is 0 Å². The van der Waals surface area contributed by atoms with E-state index in [0.29, 0.717) is 5.56 Å². The molecule has 0 saturated heterocycles. The Kier molecular flexibility index (Phi) is 2.15. The first-order chi connectivity index (χ1) is 7.49. The zero-order valence-corrected chi connectivity index (χ0v) is 9.19. The molecule has 0 amide bonds. The molecule has 2 rings (SSSR count). The first kappa shape index (κ1) is 10.9. The largest absolute Gasteiger partial charge is 0.367 e. The molecule has 0 aromatic heterocycles. The van der Waals surface area contributed by atoms with Crippen molar-refractivity contribution < 1.29 is 14.7 Å². The van der Waals surface area contributed by atoms with Crippen LogP contribution in [0.1, 0.15) is 19.4 Å². The summed E-state index contributed by atoms with van der Waals surface area (Å²) in [6, 6.07) is 8.76. The van der Waals surface area contributed by atoms with E-state index in [-0.39, 0.29) is 0 Å². The molecule has 1 aliphatic rings. The van der Waals surface area contributed by atoms with Crippen LogP contribution in [0.15, 0.2) is 30.3 Å². The first-order valence-electron chi connectivity index (χ1n) is 5.14. The van der Waals surface area contributed by atoms with Crippen molar-refractivity contribution in [2.45, 2.75) is 19.3 Å². The predicted octanol–water partition coefficient (Wildman–Crippen LogP) is 1.65. The molecular formula is C13H12O3. The summed E-state index contributed by atoms with van der Waals surface area (Å²) in [5, 5.41) is 11.4. The first-order valence-corrected chi connectivity index (χ1v) is 5.14. The second kappa shape index (κ2) is 3.17. The summed E-state index contributed by atoms with van der Waals surface area (Å²) in [5.74, 6) is -1.83. The molecule has 2 atom stereocenters. The summed E-state index contributed by atoms with van der Waals surface area (Å²) >= 11 is 0. The van der Waals surface area contributed by atoms with Crippen LogP contribution in [-0.4, -0.2) is 12.3 Å². The number of carbonyl (C=O) groups is 1. The van der Waals surface area contributed by atoms with Gasteiger partial charge in [0.1, 0.15) is 5.41 Å². The molecule has 0 heterocycles. The standard InChI is InChI=1S/C13H12O3/c1-12(2)10(8-14)13(12,11(15)16)9-6-4-3-5-7-9/h3-7,10H,1-2H3. The van der Waals surface area contributed by atoms with Gasteiger partial charge in [-0.3, -0.25) is 4.79 Å². The van der Waals surface area contributed by atoms with Gasteiger partial charge in [-0.15, -0.1) is 0 Å². The Morgan fingerprint density at radius 2 is 1.81 bits per heavy atom. The Balaban J connectivity index is 2.57. The van der Waals surface area contributed by atoms with Crippen molar-refractivity contribution in [2.75, 3.05) is 0 Å². The highest BCUT2D eigenvalue weighted by Crippen LogP contribution is 2.68. The molecule has 3 heteroatoms. The quantitative estimate of drug-likeness (QED) is 0.771. The summed E-state index contributed by atoms with van der Waals surface area (Å²) in [5.41, 5.74) is -1.22. The molecule has 82 valence electrons. The van der Waals surface area contributed by atoms with Crippen LogP contribution >= 0.6 is 0 Å². The highest BCUT2D eigenvalue weighted by molar-refractivity contribution is 5.94. The van der Waals surface area contributed by atoms with E-state index in [4.69, 9.17) is 0 Å². The maximum Gasteiger partial charge on any atom is 0.367 e. The minimum atomic E-state index is -1.21. The van der Waals surface area contributed by atoms with E-state index in [1.54, 1.807) is 38.1 Å². The lowest BCUT2D eigenvalue weighted by Crippen LogP contribution is -2.25. The Morgan fingerprint density at radius 1 is 1.25 bits per heavy atom. The fourth-order valence-corrected chi connectivity index (χ4v) is 2.74. The van der Waals surface area contributed by atoms with Crippen LogP contribution in [0, 0.1) is 11.3 Å². The Labute approximate surface area is 94.1 Å². The molecule has 0 aliphatic heterocycles. The third-order valence-corrected chi connectivity index (χ3v) is 3.76. The van der Waals surface area contributed by atoms with Crippen LogP contribution < -0.4 is 0 Å². The fraction of sp³-hybridized carbons (Fsp3) is 0.385. The van der Waals surface area contributed by atoms with Crippen molar-refractivity contribution in [3.05, 3.63) is 35.9 Å². The van der Waals surface area contributed by atoms with Gasteiger partial charge < -0.3 is 0 Å². The number of hydrogen-bond donors (Lipinski definition) is 0. The predicted molar refractivity (Wildman–Crippen MR) is 56.8 cm³/mol. The Hall–Kier alpha value is -1.64. The van der Waals surface area contributed by atoms with Gasteiger partial charge in [-0.25, -0.2) is 9.90 Å². The van der Waals surface area contributed by atoms with Gasteiger partial charge in [-0.05, 0) is 11.0 Å². The normalized spacial score (nSPS) is 30.8. The minimum Gasteiger partial charge on any atom is -0.290 e. The average molecular weight is 216 g/mol. The zero-order chi connectivity index (χ0) is 12.0. The number of rotatable bonds is 3. The van der Waals surface area contributed by atoms with E-state index in [2.05, 4.69) is 0 Å². The Bertz CT molecular complexity index is 436. The molecule has 1 aliphatic carbocycles. The Morgan fingerprint density at radius 3 is 2.19 bits per heavy atom. The third kappa shape index (κ3) is 1.03. The summed E-state index contributed by atoms with van der Waals surface area (Å²) < 4.78 is 0. The summed E-state index contributed by atoms with van der Waals surface area (Å²) in [4.78, 5) is 22.2. The summed E-state index contributed by atoms with van der Waals surface area (Å²) in [6.45, 7) is 3.51. The van der Waals surface area contributed by atoms with Gasteiger partial charge >= 0.3 is 5.97 Å². The van der Waals surface area contributed by atoms with E-state index in [1.807, 2.05) is 12.4 Å². The molecule has 0 spiro atoms.